The van der Waals surface area contributed by atoms with E-state index >= 15 is 0 Å². The topological polar surface area (TPSA) is 38.3 Å². The van der Waals surface area contributed by atoms with Crippen LogP contribution in [0.5, 0.6) is 0 Å². The molecule has 1 N–H and O–H groups in total. The van der Waals surface area contributed by atoms with Gasteiger partial charge < -0.3 is 4.18 Å². The van der Waals surface area contributed by atoms with Crippen molar-refractivity contribution in [2.24, 2.45) is 0 Å². The maximum absolute atomic E-state index is 10.2. The van der Waals surface area contributed by atoms with Gasteiger partial charge in [0.05, 0.1) is 7.11 Å². The van der Waals surface area contributed by atoms with Crippen molar-refractivity contribution < 1.29 is 8.98 Å². The highest BCUT2D eigenvalue weighted by Gasteiger charge is 1.88. The first kappa shape index (κ1) is 7.52. The third-order valence-electron chi connectivity index (χ3n) is 0.411. The Labute approximate surface area is 52.4 Å². The molecule has 0 saturated carbocycles. The summed E-state index contributed by atoms with van der Waals surface area (Å²) in [7, 11) is 1.47. The standard InChI is InChI=1S/C4H7NO2S/c1-3-4(6)5-8-7-2/h3H,1H2,2H3,(H,5,6). The first-order valence-corrected chi connectivity index (χ1v) is 2.67. The summed E-state index contributed by atoms with van der Waals surface area (Å²) in [5, 5.41) is 0. The van der Waals surface area contributed by atoms with Crippen LogP contribution in [0.1, 0.15) is 0 Å². The Kier molecular flexibility index (Phi) is 4.39. The fourth-order valence-corrected chi connectivity index (χ4v) is 0.373. The summed E-state index contributed by atoms with van der Waals surface area (Å²) in [5.74, 6) is -0.253. The molecule has 46 valence electrons. The molecule has 0 bridgehead atoms. The molecule has 0 unspecified atom stereocenters. The van der Waals surface area contributed by atoms with Crippen molar-refractivity contribution in [3.05, 3.63) is 12.7 Å². The summed E-state index contributed by atoms with van der Waals surface area (Å²) in [5.41, 5.74) is 0. The van der Waals surface area contributed by atoms with Crippen LogP contribution in [0.15, 0.2) is 12.7 Å². The average Bonchev–Trinajstić information content (AvgIpc) is 1.83. The lowest BCUT2D eigenvalue weighted by Crippen LogP contribution is -2.11. The van der Waals surface area contributed by atoms with Crippen molar-refractivity contribution in [3.8, 4) is 0 Å². The van der Waals surface area contributed by atoms with Gasteiger partial charge in [-0.25, -0.2) is 0 Å². The number of hydrogen-bond donors (Lipinski definition) is 1. The molecular formula is C4H7NO2S. The second kappa shape index (κ2) is 4.67. The molecule has 0 saturated heterocycles. The van der Waals surface area contributed by atoms with Crippen LogP contribution in [0.4, 0.5) is 0 Å². The minimum absolute atomic E-state index is 0.253. The Bertz CT molecular complexity index is 94.0. The summed E-state index contributed by atoms with van der Waals surface area (Å²) in [6.45, 7) is 3.23. The molecular weight excluding hydrogens is 126 g/mol. The minimum atomic E-state index is -0.253. The first-order chi connectivity index (χ1) is 3.81. The SMILES string of the molecule is C=CC(=O)NSOC. The summed E-state index contributed by atoms with van der Waals surface area (Å²) < 4.78 is 6.77. The molecule has 0 rings (SSSR count). The molecule has 0 fully saturated rings. The molecule has 0 atom stereocenters. The van der Waals surface area contributed by atoms with Gasteiger partial charge in [-0.1, -0.05) is 6.58 Å². The fourth-order valence-electron chi connectivity index (χ4n) is 0.124. The maximum Gasteiger partial charge on any atom is 0.254 e. The molecule has 0 aliphatic heterocycles. The zero-order valence-corrected chi connectivity index (χ0v) is 5.33. The average molecular weight is 133 g/mol. The molecule has 0 heterocycles. The van der Waals surface area contributed by atoms with E-state index in [0.29, 0.717) is 0 Å². The van der Waals surface area contributed by atoms with Crippen LogP contribution in [0.3, 0.4) is 0 Å². The summed E-state index contributed by atoms with van der Waals surface area (Å²) in [4.78, 5) is 10.2. The summed E-state index contributed by atoms with van der Waals surface area (Å²) in [6, 6.07) is 0. The number of nitrogens with one attached hydrogen (secondary N) is 1. The Balaban J connectivity index is 3.11. The Morgan fingerprint density at radius 2 is 2.62 bits per heavy atom. The highest BCUT2D eigenvalue weighted by atomic mass is 32.2. The summed E-state index contributed by atoms with van der Waals surface area (Å²) >= 11 is 0.870. The normalized spacial score (nSPS) is 8.12. The maximum atomic E-state index is 10.2. The first-order valence-electron chi connectivity index (χ1n) is 1.93. The molecule has 1 amide bonds. The van der Waals surface area contributed by atoms with Crippen LogP contribution in [0, 0.1) is 0 Å². The van der Waals surface area contributed by atoms with Gasteiger partial charge in [-0.3, -0.25) is 9.52 Å². The smallest absolute Gasteiger partial charge is 0.254 e. The number of carbonyl (C=O) groups is 1. The van der Waals surface area contributed by atoms with E-state index in [2.05, 4.69) is 15.5 Å². The highest BCUT2D eigenvalue weighted by Crippen LogP contribution is 1.89. The molecule has 4 heteroatoms. The lowest BCUT2D eigenvalue weighted by atomic mass is 10.6. The molecule has 0 aliphatic rings. The predicted octanol–water partition coefficient (Wildman–Crippen LogP) is 0.498. The van der Waals surface area contributed by atoms with Crippen molar-refractivity contribution in [3.63, 3.8) is 0 Å². The zero-order chi connectivity index (χ0) is 6.41. The van der Waals surface area contributed by atoms with Crippen LogP contribution in [-0.2, 0) is 8.98 Å². The predicted molar refractivity (Wildman–Crippen MR) is 32.9 cm³/mol. The van der Waals surface area contributed by atoms with Crippen LogP contribution in [-0.4, -0.2) is 13.0 Å². The Hall–Kier alpha value is -0.480. The van der Waals surface area contributed by atoms with Gasteiger partial charge in [-0.15, -0.1) is 0 Å². The van der Waals surface area contributed by atoms with Gasteiger partial charge in [0, 0.05) is 0 Å². The van der Waals surface area contributed by atoms with Crippen LogP contribution < -0.4 is 4.72 Å². The number of rotatable bonds is 3. The molecule has 8 heavy (non-hydrogen) atoms. The zero-order valence-electron chi connectivity index (χ0n) is 4.51. The largest absolute Gasteiger partial charge is 0.300 e. The quantitative estimate of drug-likeness (QED) is 0.346. The van der Waals surface area contributed by atoms with Crippen LogP contribution in [0.25, 0.3) is 0 Å². The van der Waals surface area contributed by atoms with Gasteiger partial charge in [0.2, 0.25) is 0 Å². The second-order valence-electron chi connectivity index (χ2n) is 0.920. The van der Waals surface area contributed by atoms with E-state index in [1.54, 1.807) is 0 Å². The third-order valence-corrected chi connectivity index (χ3v) is 0.862. The monoisotopic (exact) mass is 133 g/mol. The van der Waals surface area contributed by atoms with E-state index < -0.39 is 0 Å². The molecule has 0 aromatic rings. The number of carbonyl (C=O) groups excluding carboxylic acids is 1. The van der Waals surface area contributed by atoms with E-state index in [1.807, 2.05) is 0 Å². The Morgan fingerprint density at radius 3 is 3.00 bits per heavy atom. The van der Waals surface area contributed by atoms with Crippen molar-refractivity contribution in [2.45, 2.75) is 0 Å². The van der Waals surface area contributed by atoms with Gasteiger partial charge in [0.15, 0.2) is 0 Å². The van der Waals surface area contributed by atoms with Gasteiger partial charge in [-0.05, 0) is 6.08 Å². The van der Waals surface area contributed by atoms with Gasteiger partial charge in [0.25, 0.3) is 5.91 Å². The van der Waals surface area contributed by atoms with E-state index in [1.165, 1.54) is 13.2 Å². The lowest BCUT2D eigenvalue weighted by molar-refractivity contribution is -0.114. The fraction of sp³-hybridized carbons (Fsp3) is 0.250. The van der Waals surface area contributed by atoms with E-state index in [4.69, 9.17) is 0 Å². The minimum Gasteiger partial charge on any atom is -0.300 e. The van der Waals surface area contributed by atoms with Crippen molar-refractivity contribution in [1.82, 2.24) is 4.72 Å². The molecule has 0 spiro atoms. The highest BCUT2D eigenvalue weighted by molar-refractivity contribution is 7.93. The summed E-state index contributed by atoms with van der Waals surface area (Å²) in [6.07, 6.45) is 1.17. The second-order valence-corrected chi connectivity index (χ2v) is 1.62. The van der Waals surface area contributed by atoms with Crippen LogP contribution >= 0.6 is 12.2 Å². The molecule has 0 radical (unpaired) electrons. The van der Waals surface area contributed by atoms with Crippen molar-refractivity contribution >= 4 is 18.1 Å². The molecule has 0 aromatic carbocycles. The Morgan fingerprint density at radius 1 is 2.00 bits per heavy atom. The van der Waals surface area contributed by atoms with Gasteiger partial charge in [-0.2, -0.15) is 0 Å². The van der Waals surface area contributed by atoms with E-state index in [-0.39, 0.29) is 5.91 Å². The molecule has 3 nitrogen and oxygen atoms in total. The molecule has 0 aliphatic carbocycles. The lowest BCUT2D eigenvalue weighted by Gasteiger charge is -1.93. The van der Waals surface area contributed by atoms with Gasteiger partial charge >= 0.3 is 0 Å². The van der Waals surface area contributed by atoms with Crippen molar-refractivity contribution in [1.29, 1.82) is 0 Å². The number of amides is 1. The third kappa shape index (κ3) is 3.70. The van der Waals surface area contributed by atoms with E-state index in [9.17, 15) is 4.79 Å². The number of hydrogen-bond acceptors (Lipinski definition) is 3. The molecule has 0 aromatic heterocycles. The van der Waals surface area contributed by atoms with Gasteiger partial charge in [0.1, 0.15) is 12.2 Å². The van der Waals surface area contributed by atoms with Crippen molar-refractivity contribution in [2.75, 3.05) is 7.11 Å². The van der Waals surface area contributed by atoms with Crippen LogP contribution in [0.2, 0.25) is 0 Å². The van der Waals surface area contributed by atoms with E-state index in [0.717, 1.165) is 12.2 Å².